The lowest BCUT2D eigenvalue weighted by atomic mass is 9.77. The summed E-state index contributed by atoms with van der Waals surface area (Å²) in [5.74, 6) is -2.54. The van der Waals surface area contributed by atoms with Gasteiger partial charge >= 0.3 is 17.9 Å². The van der Waals surface area contributed by atoms with E-state index in [-0.39, 0.29) is 37.8 Å². The second kappa shape index (κ2) is 12.0. The number of benzene rings is 2. The van der Waals surface area contributed by atoms with E-state index in [0.717, 1.165) is 11.4 Å². The van der Waals surface area contributed by atoms with Crippen molar-refractivity contribution in [2.24, 2.45) is 0 Å². The Morgan fingerprint density at radius 1 is 1.03 bits per heavy atom. The molecule has 2 atom stereocenters. The van der Waals surface area contributed by atoms with Gasteiger partial charge in [-0.15, -0.1) is 0 Å². The maximum absolute atomic E-state index is 13.4. The number of amides is 1. The fourth-order valence-corrected chi connectivity index (χ4v) is 4.93. The summed E-state index contributed by atoms with van der Waals surface area (Å²) in [6.45, 7) is 3.84. The van der Waals surface area contributed by atoms with Crippen molar-refractivity contribution in [2.75, 3.05) is 18.0 Å². The van der Waals surface area contributed by atoms with Crippen LogP contribution in [0, 0.1) is 0 Å². The molecule has 0 spiro atoms. The number of para-hydroxylation sites is 1. The normalized spacial score (nSPS) is 17.7. The van der Waals surface area contributed by atoms with E-state index in [4.69, 9.17) is 9.84 Å². The Bertz CT molecular complexity index is 1330. The summed E-state index contributed by atoms with van der Waals surface area (Å²) in [6, 6.07) is 17.8. The molecule has 0 aliphatic carbocycles. The van der Waals surface area contributed by atoms with Gasteiger partial charge in [-0.3, -0.25) is 14.9 Å². The van der Waals surface area contributed by atoms with Gasteiger partial charge in [0.25, 0.3) is 0 Å². The average molecular weight is 533 g/mol. The van der Waals surface area contributed by atoms with Crippen LogP contribution in [-0.2, 0) is 32.8 Å². The van der Waals surface area contributed by atoms with Crippen LogP contribution in [0.25, 0.3) is 0 Å². The minimum Gasteiger partial charge on any atom is -0.481 e. The van der Waals surface area contributed by atoms with Gasteiger partial charge in [-0.05, 0) is 37.0 Å². The van der Waals surface area contributed by atoms with Crippen molar-refractivity contribution >= 4 is 23.5 Å². The lowest BCUT2D eigenvalue weighted by Crippen LogP contribution is -2.58. The second-order valence-corrected chi connectivity index (χ2v) is 9.26. The molecule has 4 rings (SSSR count). The largest absolute Gasteiger partial charge is 0.481 e. The third kappa shape index (κ3) is 5.75. The molecule has 10 nitrogen and oxygen atoms in total. The summed E-state index contributed by atoms with van der Waals surface area (Å²) in [5.41, 5.74) is 1.50. The van der Waals surface area contributed by atoms with Gasteiger partial charge in [0.15, 0.2) is 0 Å². The van der Waals surface area contributed by atoms with Gasteiger partial charge < -0.3 is 19.8 Å². The lowest BCUT2D eigenvalue weighted by Gasteiger charge is -2.39. The Hall–Kier alpha value is -4.31. The summed E-state index contributed by atoms with van der Waals surface area (Å²) in [6.07, 6.45) is -0.189. The highest BCUT2D eigenvalue weighted by Crippen LogP contribution is 2.42. The van der Waals surface area contributed by atoms with E-state index in [1.54, 1.807) is 48.5 Å². The number of hydrogen-bond acceptors (Lipinski definition) is 7. The first kappa shape index (κ1) is 27.7. The molecule has 1 aromatic heterocycles. The van der Waals surface area contributed by atoms with E-state index in [1.807, 2.05) is 26.0 Å². The van der Waals surface area contributed by atoms with Gasteiger partial charge in [-0.25, -0.2) is 14.8 Å². The summed E-state index contributed by atoms with van der Waals surface area (Å²) in [7, 11) is 0. The van der Waals surface area contributed by atoms with Crippen LogP contribution >= 0.6 is 0 Å². The Morgan fingerprint density at radius 2 is 1.67 bits per heavy atom. The molecule has 1 aliphatic heterocycles. The summed E-state index contributed by atoms with van der Waals surface area (Å²) < 4.78 is 6.16. The van der Waals surface area contributed by atoms with E-state index in [0.29, 0.717) is 29.7 Å². The number of carbonyl (C=O) groups is 3. The van der Waals surface area contributed by atoms with Crippen molar-refractivity contribution < 1.29 is 29.3 Å². The van der Waals surface area contributed by atoms with Crippen LogP contribution < -0.4 is 15.0 Å². The zero-order valence-electron chi connectivity index (χ0n) is 22.0. The summed E-state index contributed by atoms with van der Waals surface area (Å²) in [4.78, 5) is 48.0. The van der Waals surface area contributed by atoms with Gasteiger partial charge in [0.2, 0.25) is 12.0 Å². The van der Waals surface area contributed by atoms with Gasteiger partial charge in [0, 0.05) is 35.6 Å². The Balaban J connectivity index is 1.91. The Kier molecular flexibility index (Phi) is 8.55. The number of aliphatic carboxylic acids is 2. The summed E-state index contributed by atoms with van der Waals surface area (Å²) in [5, 5.41) is 23.0. The van der Waals surface area contributed by atoms with Gasteiger partial charge in [0.05, 0.1) is 6.54 Å². The first-order valence-electron chi connectivity index (χ1n) is 13.0. The van der Waals surface area contributed by atoms with Gasteiger partial charge in [-0.1, -0.05) is 62.4 Å². The third-order valence-corrected chi connectivity index (χ3v) is 6.82. The number of fused-ring (bicyclic) bond motifs is 1. The van der Waals surface area contributed by atoms with Crippen LogP contribution in [0.2, 0.25) is 0 Å². The minimum absolute atomic E-state index is 0.0536. The van der Waals surface area contributed by atoms with Crippen LogP contribution in [-0.4, -0.2) is 57.2 Å². The smallest absolute Gasteiger partial charge is 0.347 e. The molecule has 2 aromatic carbocycles. The van der Waals surface area contributed by atoms with Crippen molar-refractivity contribution in [2.45, 2.75) is 51.2 Å². The van der Waals surface area contributed by atoms with E-state index >= 15 is 0 Å². The van der Waals surface area contributed by atoms with E-state index < -0.39 is 23.6 Å². The molecular formula is C29H32N4O6. The molecule has 3 aromatic rings. The fourth-order valence-electron chi connectivity index (χ4n) is 4.93. The first-order chi connectivity index (χ1) is 18.8. The van der Waals surface area contributed by atoms with E-state index in [1.165, 1.54) is 4.90 Å². The predicted molar refractivity (Wildman–Crippen MR) is 144 cm³/mol. The predicted octanol–water partition coefficient (Wildman–Crippen LogP) is 3.18. The molecule has 1 aliphatic rings. The number of aromatic nitrogens is 2. The van der Waals surface area contributed by atoms with Crippen molar-refractivity contribution in [3.63, 3.8) is 0 Å². The Labute approximate surface area is 226 Å². The number of anilines is 1. The van der Waals surface area contributed by atoms with E-state index in [2.05, 4.69) is 15.3 Å². The van der Waals surface area contributed by atoms with Crippen LogP contribution in [0.5, 0.6) is 6.01 Å². The molecule has 2 heterocycles. The first-order valence-corrected chi connectivity index (χ1v) is 13.0. The molecule has 0 bridgehead atoms. The number of aryl methyl sites for hydroxylation is 2. The molecule has 3 N–H and O–H groups in total. The standard InChI is InChI=1S/C29H32N4O6/c1-3-20-17-21(4-2)32-28(31-20)39-26(27(37)38)29(19-11-6-5-7-12-19)22-13-8-9-14-23(22)33(24(34)18-30-29)16-10-15-25(35)36/h5-9,11-14,17,26,30H,3-4,10,15-16,18H2,1-2H3,(H,35,36)(H,37,38)/t26-,29+/m1/s1. The topological polar surface area (TPSA) is 142 Å². The molecule has 0 fully saturated rings. The molecule has 1 amide bonds. The number of carboxylic acid groups (broad SMARTS) is 2. The molecular weight excluding hydrogens is 500 g/mol. The van der Waals surface area contributed by atoms with Crippen LogP contribution in [0.3, 0.4) is 0 Å². The third-order valence-electron chi connectivity index (χ3n) is 6.82. The van der Waals surface area contributed by atoms with Gasteiger partial charge in [0.1, 0.15) is 5.54 Å². The van der Waals surface area contributed by atoms with Crippen LogP contribution in [0.1, 0.15) is 49.2 Å². The lowest BCUT2D eigenvalue weighted by molar-refractivity contribution is -0.149. The maximum atomic E-state index is 13.4. The maximum Gasteiger partial charge on any atom is 0.347 e. The van der Waals surface area contributed by atoms with Crippen LogP contribution in [0.4, 0.5) is 5.69 Å². The molecule has 0 saturated carbocycles. The average Bonchev–Trinajstić information content (AvgIpc) is 3.06. The van der Waals surface area contributed by atoms with Crippen molar-refractivity contribution in [3.8, 4) is 6.01 Å². The number of carboxylic acids is 2. The highest BCUT2D eigenvalue weighted by molar-refractivity contribution is 5.97. The highest BCUT2D eigenvalue weighted by Gasteiger charge is 2.52. The number of nitrogens with one attached hydrogen (secondary N) is 1. The minimum atomic E-state index is -1.57. The second-order valence-electron chi connectivity index (χ2n) is 9.26. The summed E-state index contributed by atoms with van der Waals surface area (Å²) >= 11 is 0. The number of rotatable bonds is 11. The monoisotopic (exact) mass is 532 g/mol. The molecule has 10 heteroatoms. The fraction of sp³-hybridized carbons (Fsp3) is 0.345. The zero-order chi connectivity index (χ0) is 28.0. The molecule has 39 heavy (non-hydrogen) atoms. The van der Waals surface area contributed by atoms with Crippen molar-refractivity contribution in [1.82, 2.24) is 15.3 Å². The van der Waals surface area contributed by atoms with E-state index in [9.17, 15) is 19.5 Å². The van der Waals surface area contributed by atoms with Crippen molar-refractivity contribution in [3.05, 3.63) is 83.2 Å². The quantitative estimate of drug-likeness (QED) is 0.339. The number of carbonyl (C=O) groups excluding carboxylic acids is 1. The van der Waals surface area contributed by atoms with Crippen LogP contribution in [0.15, 0.2) is 60.7 Å². The molecule has 0 saturated heterocycles. The SMILES string of the molecule is CCc1cc(CC)nc(O[C@H](C(=O)O)[C@@]2(c3ccccc3)NCC(=O)N(CCCC(=O)O)c3ccccc32)n1. The Morgan fingerprint density at radius 3 is 2.28 bits per heavy atom. The molecule has 0 unspecified atom stereocenters. The number of ether oxygens (including phenoxy) is 1. The number of nitrogens with zero attached hydrogens (tertiary/aromatic N) is 3. The zero-order valence-corrected chi connectivity index (χ0v) is 22.0. The van der Waals surface area contributed by atoms with Gasteiger partial charge in [-0.2, -0.15) is 0 Å². The molecule has 204 valence electrons. The van der Waals surface area contributed by atoms with Crippen molar-refractivity contribution in [1.29, 1.82) is 0 Å². The molecule has 0 radical (unpaired) electrons. The number of hydrogen-bond donors (Lipinski definition) is 3. The highest BCUT2D eigenvalue weighted by atomic mass is 16.5.